The van der Waals surface area contributed by atoms with Crippen LogP contribution in [0.4, 0.5) is 10.5 Å². The lowest BCUT2D eigenvalue weighted by Crippen LogP contribution is -2.50. The van der Waals surface area contributed by atoms with Gasteiger partial charge in [-0.3, -0.25) is 9.36 Å². The highest BCUT2D eigenvalue weighted by molar-refractivity contribution is 6.30. The van der Waals surface area contributed by atoms with Crippen molar-refractivity contribution in [3.05, 3.63) is 88.0 Å². The van der Waals surface area contributed by atoms with Gasteiger partial charge in [0.25, 0.3) is 0 Å². The van der Waals surface area contributed by atoms with Gasteiger partial charge in [-0.1, -0.05) is 35.9 Å². The lowest BCUT2D eigenvalue weighted by atomic mass is 10.1. The van der Waals surface area contributed by atoms with Crippen molar-refractivity contribution in [2.75, 3.05) is 31.1 Å². The number of carbonyl (C=O) groups excluding carboxylic acids is 1. The van der Waals surface area contributed by atoms with E-state index in [0.29, 0.717) is 39.9 Å². The second kappa shape index (κ2) is 7.50. The molecule has 5 rings (SSSR count). The highest BCUT2D eigenvalue weighted by Crippen LogP contribution is 2.22. The Morgan fingerprint density at radius 1 is 0.733 bits per heavy atom. The zero-order chi connectivity index (χ0) is 20.7. The number of rotatable bonds is 1. The fourth-order valence-electron chi connectivity index (χ4n) is 4.15. The number of pyridine rings is 1. The van der Waals surface area contributed by atoms with Crippen LogP contribution in [0.25, 0.3) is 21.8 Å². The molecule has 0 radical (unpaired) electrons. The van der Waals surface area contributed by atoms with Gasteiger partial charge in [0, 0.05) is 47.7 Å². The van der Waals surface area contributed by atoms with Crippen molar-refractivity contribution >= 4 is 45.1 Å². The third-order valence-electron chi connectivity index (χ3n) is 5.71. The molecule has 30 heavy (non-hydrogen) atoms. The SMILES string of the molecule is O=C(N1CCN(c2ccc(Cl)cc2)CC1)n1c2ccccc2c(=O)c2ccccc21. The van der Waals surface area contributed by atoms with Crippen LogP contribution < -0.4 is 10.3 Å². The molecule has 4 aromatic rings. The first-order valence-corrected chi connectivity index (χ1v) is 10.3. The molecule has 1 aromatic heterocycles. The smallest absolute Gasteiger partial charge is 0.329 e. The largest absolute Gasteiger partial charge is 0.368 e. The molecule has 0 spiro atoms. The molecule has 0 N–H and O–H groups in total. The summed E-state index contributed by atoms with van der Waals surface area (Å²) in [4.78, 5) is 30.6. The molecule has 1 aliphatic rings. The molecule has 3 aromatic carbocycles. The number of nitrogens with zero attached hydrogens (tertiary/aromatic N) is 3. The molecule has 0 unspecified atom stereocenters. The fourth-order valence-corrected chi connectivity index (χ4v) is 4.28. The summed E-state index contributed by atoms with van der Waals surface area (Å²) in [5.41, 5.74) is 2.35. The molecule has 0 aliphatic carbocycles. The Bertz CT molecular complexity index is 1250. The molecule has 2 heterocycles. The van der Waals surface area contributed by atoms with Crippen LogP contribution in [0, 0.1) is 0 Å². The molecule has 0 atom stereocenters. The first-order valence-electron chi connectivity index (χ1n) is 9.96. The van der Waals surface area contributed by atoms with Gasteiger partial charge in [-0.25, -0.2) is 4.79 Å². The normalized spacial score (nSPS) is 14.4. The molecule has 1 aliphatic heterocycles. The maximum atomic E-state index is 13.6. The lowest BCUT2D eigenvalue weighted by molar-refractivity contribution is 0.198. The third-order valence-corrected chi connectivity index (χ3v) is 5.96. The summed E-state index contributed by atoms with van der Waals surface area (Å²) in [6.45, 7) is 2.69. The molecule has 150 valence electrons. The minimum Gasteiger partial charge on any atom is -0.368 e. The number of halogens is 1. The van der Waals surface area contributed by atoms with E-state index < -0.39 is 0 Å². The van der Waals surface area contributed by atoms with Gasteiger partial charge in [0.2, 0.25) is 0 Å². The third kappa shape index (κ3) is 3.12. The van der Waals surface area contributed by atoms with Crippen molar-refractivity contribution in [1.29, 1.82) is 0 Å². The number of fused-ring (bicyclic) bond motifs is 2. The van der Waals surface area contributed by atoms with E-state index in [1.165, 1.54) is 0 Å². The minimum absolute atomic E-state index is 0.0437. The second-order valence-corrected chi connectivity index (χ2v) is 7.87. The van der Waals surface area contributed by atoms with E-state index >= 15 is 0 Å². The zero-order valence-corrected chi connectivity index (χ0v) is 17.0. The monoisotopic (exact) mass is 417 g/mol. The lowest BCUT2D eigenvalue weighted by Gasteiger charge is -2.36. The van der Waals surface area contributed by atoms with Crippen molar-refractivity contribution in [1.82, 2.24) is 9.47 Å². The molecule has 1 fully saturated rings. The number of hydrogen-bond acceptors (Lipinski definition) is 3. The standard InChI is InChI=1S/C24H20ClN3O2/c25-17-9-11-18(12-10-17)26-13-15-27(16-14-26)24(30)28-21-7-3-1-5-19(21)23(29)20-6-2-4-8-22(20)28/h1-12H,13-16H2. The summed E-state index contributed by atoms with van der Waals surface area (Å²) in [5, 5.41) is 1.83. The average Bonchev–Trinajstić information content (AvgIpc) is 2.80. The van der Waals surface area contributed by atoms with Crippen LogP contribution in [-0.4, -0.2) is 41.7 Å². The van der Waals surface area contributed by atoms with Crippen molar-refractivity contribution in [2.45, 2.75) is 0 Å². The molecule has 0 bridgehead atoms. The summed E-state index contributed by atoms with van der Waals surface area (Å²) in [6, 6.07) is 22.3. The molecular weight excluding hydrogens is 398 g/mol. The number of anilines is 1. The van der Waals surface area contributed by atoms with Crippen LogP contribution in [0.3, 0.4) is 0 Å². The summed E-state index contributed by atoms with van der Waals surface area (Å²) in [6.07, 6.45) is 0. The Balaban J connectivity index is 1.50. The first kappa shape index (κ1) is 18.7. The van der Waals surface area contributed by atoms with Crippen LogP contribution in [-0.2, 0) is 0 Å². The maximum absolute atomic E-state index is 13.6. The molecular formula is C24H20ClN3O2. The quantitative estimate of drug-likeness (QED) is 0.425. The molecule has 6 heteroatoms. The van der Waals surface area contributed by atoms with E-state index in [9.17, 15) is 9.59 Å². The summed E-state index contributed by atoms with van der Waals surface area (Å²) >= 11 is 5.99. The van der Waals surface area contributed by atoms with Crippen molar-refractivity contribution in [3.63, 3.8) is 0 Å². The Kier molecular flexibility index (Phi) is 4.68. The van der Waals surface area contributed by atoms with Crippen molar-refractivity contribution < 1.29 is 4.79 Å². The zero-order valence-electron chi connectivity index (χ0n) is 16.3. The van der Waals surface area contributed by atoms with Gasteiger partial charge in [-0.05, 0) is 48.5 Å². The Morgan fingerprint density at radius 2 is 1.27 bits per heavy atom. The Hall–Kier alpha value is -3.31. The average molecular weight is 418 g/mol. The van der Waals surface area contributed by atoms with Gasteiger partial charge in [0.1, 0.15) is 0 Å². The minimum atomic E-state index is -0.0989. The number of hydrogen-bond donors (Lipinski definition) is 0. The van der Waals surface area contributed by atoms with Crippen LogP contribution in [0.1, 0.15) is 0 Å². The fraction of sp³-hybridized carbons (Fsp3) is 0.167. The highest BCUT2D eigenvalue weighted by atomic mass is 35.5. The number of piperazine rings is 1. The van der Waals surface area contributed by atoms with Crippen LogP contribution >= 0.6 is 11.6 Å². The number of para-hydroxylation sites is 2. The van der Waals surface area contributed by atoms with E-state index in [-0.39, 0.29) is 11.5 Å². The maximum Gasteiger partial charge on any atom is 0.329 e. The van der Waals surface area contributed by atoms with E-state index in [4.69, 9.17) is 11.6 Å². The summed E-state index contributed by atoms with van der Waals surface area (Å²) in [5.74, 6) is 0. The van der Waals surface area contributed by atoms with Crippen molar-refractivity contribution in [3.8, 4) is 0 Å². The first-order chi connectivity index (χ1) is 14.6. The predicted molar refractivity (Wildman–Crippen MR) is 122 cm³/mol. The Labute approximate surface area is 178 Å². The van der Waals surface area contributed by atoms with Crippen molar-refractivity contribution in [2.24, 2.45) is 0 Å². The number of carbonyl (C=O) groups is 1. The summed E-state index contributed by atoms with van der Waals surface area (Å²) < 4.78 is 1.68. The topological polar surface area (TPSA) is 45.6 Å². The molecule has 1 saturated heterocycles. The Morgan fingerprint density at radius 3 is 1.83 bits per heavy atom. The second-order valence-electron chi connectivity index (χ2n) is 7.43. The van der Waals surface area contributed by atoms with Gasteiger partial charge < -0.3 is 9.80 Å². The van der Waals surface area contributed by atoms with Crippen LogP contribution in [0.15, 0.2) is 77.6 Å². The molecule has 0 saturated carbocycles. The van der Waals surface area contributed by atoms with Gasteiger partial charge in [-0.15, -0.1) is 0 Å². The van der Waals surface area contributed by atoms with Gasteiger partial charge in [0.05, 0.1) is 11.0 Å². The van der Waals surface area contributed by atoms with Crippen LogP contribution in [0.2, 0.25) is 5.02 Å². The highest BCUT2D eigenvalue weighted by Gasteiger charge is 2.25. The van der Waals surface area contributed by atoms with E-state index in [0.717, 1.165) is 18.8 Å². The van der Waals surface area contributed by atoms with E-state index in [1.807, 2.05) is 65.6 Å². The number of amides is 1. The molecule has 1 amide bonds. The predicted octanol–water partition coefficient (Wildman–Crippen LogP) is 4.60. The van der Waals surface area contributed by atoms with Crippen LogP contribution in [0.5, 0.6) is 0 Å². The number of aromatic nitrogens is 1. The van der Waals surface area contributed by atoms with E-state index in [2.05, 4.69) is 4.90 Å². The van der Waals surface area contributed by atoms with Gasteiger partial charge >= 0.3 is 6.03 Å². The van der Waals surface area contributed by atoms with Gasteiger partial charge in [0.15, 0.2) is 5.43 Å². The molecule has 5 nitrogen and oxygen atoms in total. The summed E-state index contributed by atoms with van der Waals surface area (Å²) in [7, 11) is 0. The van der Waals surface area contributed by atoms with Gasteiger partial charge in [-0.2, -0.15) is 0 Å². The number of benzene rings is 3. The van der Waals surface area contributed by atoms with E-state index in [1.54, 1.807) is 16.7 Å².